The maximum atomic E-state index is 15.8. The highest BCUT2D eigenvalue weighted by Crippen LogP contribution is 2.71. The van der Waals surface area contributed by atoms with E-state index in [-0.39, 0.29) is 54.8 Å². The van der Waals surface area contributed by atoms with E-state index in [0.717, 1.165) is 16.7 Å². The number of aromatic nitrogens is 6. The average Bonchev–Trinajstić information content (AvgIpc) is 4.14. The van der Waals surface area contributed by atoms with Gasteiger partial charge < -0.3 is 5.32 Å². The Morgan fingerprint density at radius 2 is 1.66 bits per heavy atom. The maximum Gasteiger partial charge on any atom is 0.293 e. The van der Waals surface area contributed by atoms with E-state index in [1.54, 1.807) is 6.07 Å². The molecule has 68 heavy (non-hydrogen) atoms. The number of sulfonamides is 1. The molecular weight excluding hydrogens is 955 g/mol. The summed E-state index contributed by atoms with van der Waals surface area (Å²) in [6, 6.07) is 12.7. The van der Waals surface area contributed by atoms with Crippen LogP contribution < -0.4 is 15.6 Å². The van der Waals surface area contributed by atoms with Gasteiger partial charge in [0.2, 0.25) is 15.9 Å². The second-order valence-corrected chi connectivity index (χ2v) is 19.5. The maximum absolute atomic E-state index is 15.8. The SMILES string of the molecule is C[C@@H]1[C@@H]2c3c(C(F)F)nn(CC(=O)N[C@@H](Cc4cc(F)cc(F)c4)c4nc5cc(-c6ccccc6F)ccc5c(=O)n4-c4ccc(Cl)c5c(NS(=O)(=O)C6CC6)nn(CC(F)F)c45)c3C(F)(F)[C@H]12. The zero-order valence-electron chi connectivity index (χ0n) is 35.0. The summed E-state index contributed by atoms with van der Waals surface area (Å²) in [5.41, 5.74) is -3.77. The number of nitrogens with zero attached hydrogens (tertiary/aromatic N) is 6. The first-order chi connectivity index (χ1) is 32.2. The van der Waals surface area contributed by atoms with E-state index in [4.69, 9.17) is 16.6 Å². The van der Waals surface area contributed by atoms with Crippen LogP contribution in [0.15, 0.2) is 77.6 Å². The van der Waals surface area contributed by atoms with Crippen LogP contribution in [0, 0.1) is 29.3 Å². The molecule has 1 amide bonds. The van der Waals surface area contributed by atoms with Crippen LogP contribution in [0.4, 0.5) is 45.3 Å². The number of carbonyl (C=O) groups is 1. The lowest BCUT2D eigenvalue weighted by Crippen LogP contribution is -2.38. The summed E-state index contributed by atoms with van der Waals surface area (Å²) in [4.78, 5) is 34.2. The molecule has 2 saturated carbocycles. The number of amides is 1. The first kappa shape index (κ1) is 45.4. The molecule has 4 atom stereocenters. The number of alkyl halides is 6. The number of nitrogens with one attached hydrogen (secondary N) is 2. The minimum Gasteiger partial charge on any atom is -0.344 e. The van der Waals surface area contributed by atoms with Gasteiger partial charge in [-0.3, -0.25) is 28.2 Å². The Morgan fingerprint density at radius 3 is 2.34 bits per heavy atom. The van der Waals surface area contributed by atoms with Gasteiger partial charge in [-0.25, -0.2) is 44.1 Å². The van der Waals surface area contributed by atoms with Crippen molar-refractivity contribution in [3.05, 3.63) is 134 Å². The van der Waals surface area contributed by atoms with Crippen LogP contribution >= 0.6 is 11.6 Å². The fourth-order valence-electron chi connectivity index (χ4n) is 9.52. The Kier molecular flexibility index (Phi) is 10.9. The van der Waals surface area contributed by atoms with E-state index in [1.165, 1.54) is 55.5 Å². The molecule has 12 nitrogen and oxygen atoms in total. The molecule has 3 aliphatic rings. The van der Waals surface area contributed by atoms with Crippen LogP contribution in [0.25, 0.3) is 38.6 Å². The number of halogens is 10. The topological polar surface area (TPSA) is 146 Å². The van der Waals surface area contributed by atoms with E-state index in [9.17, 15) is 39.6 Å². The van der Waals surface area contributed by atoms with Crippen molar-refractivity contribution in [3.63, 3.8) is 0 Å². The highest BCUT2D eigenvalue weighted by atomic mass is 35.5. The second kappa shape index (κ2) is 16.4. The predicted octanol–water partition coefficient (Wildman–Crippen LogP) is 9.33. The lowest BCUT2D eigenvalue weighted by Gasteiger charge is -2.24. The van der Waals surface area contributed by atoms with E-state index in [1.807, 2.05) is 0 Å². The number of hydrogen-bond donors (Lipinski definition) is 2. The smallest absolute Gasteiger partial charge is 0.293 e. The van der Waals surface area contributed by atoms with Gasteiger partial charge >= 0.3 is 0 Å². The normalized spacial score (nSPS) is 18.9. The molecule has 0 unspecified atom stereocenters. The van der Waals surface area contributed by atoms with Gasteiger partial charge in [0.05, 0.1) is 43.8 Å². The molecule has 3 aromatic heterocycles. The Balaban J connectivity index is 1.19. The predicted molar refractivity (Wildman–Crippen MR) is 230 cm³/mol. The molecule has 10 rings (SSSR count). The molecule has 2 fully saturated rings. The monoisotopic (exact) mass is 988 g/mol. The van der Waals surface area contributed by atoms with Gasteiger partial charge in [-0.2, -0.15) is 19.0 Å². The van der Waals surface area contributed by atoms with Crippen molar-refractivity contribution in [2.24, 2.45) is 11.8 Å². The van der Waals surface area contributed by atoms with E-state index >= 15 is 18.0 Å². The fourth-order valence-corrected chi connectivity index (χ4v) is 11.1. The van der Waals surface area contributed by atoms with Crippen LogP contribution in [-0.4, -0.2) is 55.1 Å². The Morgan fingerprint density at radius 1 is 0.941 bits per heavy atom. The highest BCUT2D eigenvalue weighted by Gasteiger charge is 2.71. The number of anilines is 1. The highest BCUT2D eigenvalue weighted by molar-refractivity contribution is 7.93. The molecule has 2 N–H and O–H groups in total. The van der Waals surface area contributed by atoms with Crippen molar-refractivity contribution in [2.75, 3.05) is 4.72 Å². The minimum atomic E-state index is -4.11. The van der Waals surface area contributed by atoms with Crippen molar-refractivity contribution < 1.29 is 52.7 Å². The molecule has 4 aromatic carbocycles. The third-order valence-corrected chi connectivity index (χ3v) is 14.8. The zero-order chi connectivity index (χ0) is 48.3. The average molecular weight is 989 g/mol. The number of rotatable bonds is 14. The van der Waals surface area contributed by atoms with Gasteiger partial charge in [-0.1, -0.05) is 42.8 Å². The summed E-state index contributed by atoms with van der Waals surface area (Å²) >= 11 is 6.66. The van der Waals surface area contributed by atoms with Gasteiger partial charge in [-0.15, -0.1) is 0 Å². The van der Waals surface area contributed by atoms with Crippen LogP contribution in [0.5, 0.6) is 0 Å². The summed E-state index contributed by atoms with van der Waals surface area (Å²) in [7, 11) is -4.11. The third-order valence-electron chi connectivity index (χ3n) is 12.6. The van der Waals surface area contributed by atoms with Crippen molar-refractivity contribution in [2.45, 2.75) is 75.3 Å². The molecule has 0 aliphatic heterocycles. The second-order valence-electron chi connectivity index (χ2n) is 17.1. The standard InChI is InChI=1S/C45H34ClF9N8O4S/c1-19-34-36-38(41(52)53)58-62(40(36)45(54,55)37(19)34)18-33(64)56-30(14-20-12-22(47)16-23(48)13-20)43-57-29-15-21(25-4-2-3-5-28(25)49)6-9-26(29)44(65)63(43)31-11-10-27(46)35-39(31)61(17-32(50)51)59-42(35)60-68(66,67)24-7-8-24/h2-6,9-13,15-16,19,24,30,32,34,37,41H,7-8,14,17-18H2,1H3,(H,56,64)(H,59,60)/t19-,30+,34-,37-/m1/s1. The number of carbonyl (C=O) groups excluding carboxylic acids is 1. The quantitative estimate of drug-likeness (QED) is 0.103. The number of fused-ring (bicyclic) bond motifs is 5. The third kappa shape index (κ3) is 7.74. The van der Waals surface area contributed by atoms with Crippen LogP contribution in [0.1, 0.15) is 66.5 Å². The van der Waals surface area contributed by atoms with Gasteiger partial charge in [0.15, 0.2) is 5.82 Å². The van der Waals surface area contributed by atoms with E-state index < -0.39 is 129 Å². The van der Waals surface area contributed by atoms with Gasteiger partial charge in [0, 0.05) is 35.4 Å². The Labute approximate surface area is 383 Å². The zero-order valence-corrected chi connectivity index (χ0v) is 36.6. The Bertz CT molecular complexity index is 3390. The molecule has 0 spiro atoms. The first-order valence-electron chi connectivity index (χ1n) is 21.1. The van der Waals surface area contributed by atoms with Crippen molar-refractivity contribution >= 4 is 55.2 Å². The number of benzene rings is 4. The summed E-state index contributed by atoms with van der Waals surface area (Å²) in [5, 5.41) is 9.04. The molecule has 3 heterocycles. The van der Waals surface area contributed by atoms with Crippen molar-refractivity contribution in [3.8, 4) is 16.8 Å². The van der Waals surface area contributed by atoms with E-state index in [2.05, 4.69) is 20.2 Å². The lowest BCUT2D eigenvalue weighted by atomic mass is 10.0. The molecule has 3 aliphatic carbocycles. The molecule has 0 saturated heterocycles. The lowest BCUT2D eigenvalue weighted by molar-refractivity contribution is -0.123. The largest absolute Gasteiger partial charge is 0.344 e. The minimum absolute atomic E-state index is 0.0808. The van der Waals surface area contributed by atoms with Crippen molar-refractivity contribution in [1.29, 1.82) is 0 Å². The summed E-state index contributed by atoms with van der Waals surface area (Å²) < 4.78 is 165. The molecule has 354 valence electrons. The molecule has 0 radical (unpaired) electrons. The van der Waals surface area contributed by atoms with Crippen LogP contribution in [0.3, 0.4) is 0 Å². The van der Waals surface area contributed by atoms with Crippen LogP contribution in [0.2, 0.25) is 5.02 Å². The van der Waals surface area contributed by atoms with Gasteiger partial charge in [0.25, 0.3) is 24.3 Å². The molecular formula is C45H34ClF9N8O4S. The summed E-state index contributed by atoms with van der Waals surface area (Å²) in [6.45, 7) is -0.781. The Hall–Kier alpha value is -6.42. The van der Waals surface area contributed by atoms with Gasteiger partial charge in [0.1, 0.15) is 47.8 Å². The summed E-state index contributed by atoms with van der Waals surface area (Å²) in [6.07, 6.45) is -6.40. The first-order valence-corrected chi connectivity index (χ1v) is 23.0. The molecule has 0 bridgehead atoms. The molecule has 23 heteroatoms. The fraction of sp³-hybridized carbons (Fsp3) is 0.311. The van der Waals surface area contributed by atoms with Gasteiger partial charge in [-0.05, 0) is 72.4 Å². The van der Waals surface area contributed by atoms with Crippen molar-refractivity contribution in [1.82, 2.24) is 34.4 Å². The summed E-state index contributed by atoms with van der Waals surface area (Å²) in [5.74, 6) is -11.4. The van der Waals surface area contributed by atoms with E-state index in [0.29, 0.717) is 28.3 Å². The van der Waals surface area contributed by atoms with Crippen LogP contribution in [-0.2, 0) is 40.3 Å². The number of hydrogen-bond acceptors (Lipinski definition) is 7. The molecule has 7 aromatic rings.